The minimum Gasteiger partial charge on any atom is -0.469 e. The molecule has 1 aromatic rings. The number of hydrogen-bond donors (Lipinski definition) is 1. The summed E-state index contributed by atoms with van der Waals surface area (Å²) in [5.41, 5.74) is 0.826. The van der Waals surface area contributed by atoms with Crippen molar-refractivity contribution < 1.29 is 9.53 Å². The fourth-order valence-electron chi connectivity index (χ4n) is 2.34. The Morgan fingerprint density at radius 2 is 2.19 bits per heavy atom. The van der Waals surface area contributed by atoms with Gasteiger partial charge in [0, 0.05) is 6.54 Å². The average Bonchev–Trinajstić information content (AvgIpc) is 2.79. The second-order valence-electron chi connectivity index (χ2n) is 4.36. The van der Waals surface area contributed by atoms with Crippen LogP contribution in [0, 0.1) is 5.41 Å². The van der Waals surface area contributed by atoms with Crippen LogP contribution in [0.4, 0.5) is 0 Å². The molecule has 0 bridgehead atoms. The van der Waals surface area contributed by atoms with Crippen molar-refractivity contribution in [2.75, 3.05) is 20.2 Å². The second-order valence-corrected chi connectivity index (χ2v) is 4.36. The predicted molar refractivity (Wildman–Crippen MR) is 62.1 cm³/mol. The third-order valence-corrected chi connectivity index (χ3v) is 3.25. The lowest BCUT2D eigenvalue weighted by Gasteiger charge is -2.24. The Morgan fingerprint density at radius 1 is 1.44 bits per heavy atom. The maximum absolute atomic E-state index is 11.9. The molecule has 1 aliphatic rings. The quantitative estimate of drug-likeness (QED) is 0.781. The molecule has 1 fully saturated rings. The summed E-state index contributed by atoms with van der Waals surface area (Å²) in [6, 6.07) is 10.1. The lowest BCUT2D eigenvalue weighted by molar-refractivity contribution is -0.151. The standard InChI is InChI=1S/C13H17NO2/c1-16-12(15)13(7-8-14-10-13)9-11-5-3-2-4-6-11/h2-6,14H,7-10H2,1H3. The molecule has 1 aliphatic heterocycles. The summed E-state index contributed by atoms with van der Waals surface area (Å²) < 4.78 is 4.93. The number of benzene rings is 1. The number of carbonyl (C=O) groups is 1. The van der Waals surface area contributed by atoms with Gasteiger partial charge < -0.3 is 10.1 Å². The molecule has 86 valence electrons. The average molecular weight is 219 g/mol. The van der Waals surface area contributed by atoms with Crippen molar-refractivity contribution in [3.05, 3.63) is 35.9 Å². The maximum Gasteiger partial charge on any atom is 0.313 e. The second kappa shape index (κ2) is 4.66. The van der Waals surface area contributed by atoms with Crippen LogP contribution in [-0.2, 0) is 16.0 Å². The van der Waals surface area contributed by atoms with E-state index in [1.165, 1.54) is 12.7 Å². The molecule has 1 unspecified atom stereocenters. The normalized spacial score (nSPS) is 24.3. The number of hydrogen-bond acceptors (Lipinski definition) is 3. The molecule has 1 saturated heterocycles. The van der Waals surface area contributed by atoms with Crippen LogP contribution in [0.2, 0.25) is 0 Å². The molecule has 0 spiro atoms. The Hall–Kier alpha value is -1.35. The van der Waals surface area contributed by atoms with Gasteiger partial charge in [0.25, 0.3) is 0 Å². The fourth-order valence-corrected chi connectivity index (χ4v) is 2.34. The number of ether oxygens (including phenoxy) is 1. The maximum atomic E-state index is 11.9. The van der Waals surface area contributed by atoms with E-state index in [1.807, 2.05) is 18.2 Å². The molecule has 3 heteroatoms. The van der Waals surface area contributed by atoms with Crippen molar-refractivity contribution in [1.29, 1.82) is 0 Å². The van der Waals surface area contributed by atoms with Crippen LogP contribution >= 0.6 is 0 Å². The molecule has 0 radical (unpaired) electrons. The van der Waals surface area contributed by atoms with Crippen LogP contribution in [0.25, 0.3) is 0 Å². The predicted octanol–water partition coefficient (Wildman–Crippen LogP) is 1.38. The summed E-state index contributed by atoms with van der Waals surface area (Å²) >= 11 is 0. The zero-order chi connectivity index (χ0) is 11.4. The molecular formula is C13H17NO2. The lowest BCUT2D eigenvalue weighted by Crippen LogP contribution is -2.36. The Bertz CT molecular complexity index is 355. The van der Waals surface area contributed by atoms with Gasteiger partial charge in [0.05, 0.1) is 12.5 Å². The topological polar surface area (TPSA) is 38.3 Å². The van der Waals surface area contributed by atoms with E-state index >= 15 is 0 Å². The first kappa shape index (κ1) is 11.1. The van der Waals surface area contributed by atoms with Gasteiger partial charge in [0.15, 0.2) is 0 Å². The van der Waals surface area contributed by atoms with Crippen molar-refractivity contribution in [3.63, 3.8) is 0 Å². The van der Waals surface area contributed by atoms with Gasteiger partial charge in [-0.2, -0.15) is 0 Å². The molecular weight excluding hydrogens is 202 g/mol. The van der Waals surface area contributed by atoms with Gasteiger partial charge in [0.2, 0.25) is 0 Å². The Labute approximate surface area is 95.8 Å². The Balaban J connectivity index is 2.18. The SMILES string of the molecule is COC(=O)C1(Cc2ccccc2)CCNC1. The van der Waals surface area contributed by atoms with E-state index in [1.54, 1.807) is 0 Å². The molecule has 16 heavy (non-hydrogen) atoms. The van der Waals surface area contributed by atoms with Crippen LogP contribution in [0.3, 0.4) is 0 Å². The smallest absolute Gasteiger partial charge is 0.313 e. The van der Waals surface area contributed by atoms with Crippen molar-refractivity contribution in [1.82, 2.24) is 5.32 Å². The molecule has 1 N–H and O–H groups in total. The summed E-state index contributed by atoms with van der Waals surface area (Å²) in [5, 5.41) is 3.25. The Kier molecular flexibility index (Phi) is 3.25. The van der Waals surface area contributed by atoms with Gasteiger partial charge in [-0.25, -0.2) is 0 Å². The van der Waals surface area contributed by atoms with Gasteiger partial charge in [-0.1, -0.05) is 30.3 Å². The van der Waals surface area contributed by atoms with Crippen LogP contribution < -0.4 is 5.32 Å². The van der Waals surface area contributed by atoms with Crippen molar-refractivity contribution >= 4 is 5.97 Å². The van der Waals surface area contributed by atoms with E-state index in [9.17, 15) is 4.79 Å². The zero-order valence-electron chi connectivity index (χ0n) is 9.53. The number of esters is 1. The summed E-state index contributed by atoms with van der Waals surface area (Å²) in [4.78, 5) is 11.9. The van der Waals surface area contributed by atoms with Gasteiger partial charge >= 0.3 is 5.97 Å². The zero-order valence-corrected chi connectivity index (χ0v) is 9.53. The van der Waals surface area contributed by atoms with Crippen LogP contribution in [-0.4, -0.2) is 26.2 Å². The summed E-state index contributed by atoms with van der Waals surface area (Å²) in [5.74, 6) is -0.0960. The van der Waals surface area contributed by atoms with E-state index in [4.69, 9.17) is 4.74 Å². The lowest BCUT2D eigenvalue weighted by atomic mass is 9.81. The highest BCUT2D eigenvalue weighted by atomic mass is 16.5. The van der Waals surface area contributed by atoms with E-state index in [2.05, 4.69) is 17.4 Å². The molecule has 0 saturated carbocycles. The number of methoxy groups -OCH3 is 1. The first-order valence-corrected chi connectivity index (χ1v) is 5.60. The van der Waals surface area contributed by atoms with Gasteiger partial charge in [-0.05, 0) is 24.9 Å². The molecule has 0 amide bonds. The minimum atomic E-state index is -0.365. The highest BCUT2D eigenvalue weighted by Crippen LogP contribution is 2.31. The van der Waals surface area contributed by atoms with Gasteiger partial charge in [0.1, 0.15) is 0 Å². The molecule has 0 aliphatic carbocycles. The monoisotopic (exact) mass is 219 g/mol. The van der Waals surface area contributed by atoms with Crippen molar-refractivity contribution in [3.8, 4) is 0 Å². The van der Waals surface area contributed by atoms with E-state index < -0.39 is 0 Å². The molecule has 1 atom stereocenters. The molecule has 2 rings (SSSR count). The van der Waals surface area contributed by atoms with Crippen LogP contribution in [0.5, 0.6) is 0 Å². The first-order valence-electron chi connectivity index (χ1n) is 5.60. The summed E-state index contributed by atoms with van der Waals surface area (Å²) in [6.45, 7) is 1.61. The van der Waals surface area contributed by atoms with E-state index in [-0.39, 0.29) is 11.4 Å². The van der Waals surface area contributed by atoms with E-state index in [0.29, 0.717) is 6.54 Å². The third kappa shape index (κ3) is 2.09. The number of carbonyl (C=O) groups excluding carboxylic acids is 1. The summed E-state index contributed by atoms with van der Waals surface area (Å²) in [7, 11) is 1.47. The highest BCUT2D eigenvalue weighted by molar-refractivity contribution is 5.78. The number of rotatable bonds is 3. The molecule has 0 aromatic heterocycles. The minimum absolute atomic E-state index is 0.0960. The first-order chi connectivity index (χ1) is 7.77. The van der Waals surface area contributed by atoms with E-state index in [0.717, 1.165) is 19.4 Å². The Morgan fingerprint density at radius 3 is 2.75 bits per heavy atom. The van der Waals surface area contributed by atoms with Crippen molar-refractivity contribution in [2.24, 2.45) is 5.41 Å². The van der Waals surface area contributed by atoms with Crippen LogP contribution in [0.15, 0.2) is 30.3 Å². The highest BCUT2D eigenvalue weighted by Gasteiger charge is 2.42. The largest absolute Gasteiger partial charge is 0.469 e. The van der Waals surface area contributed by atoms with Gasteiger partial charge in [-0.15, -0.1) is 0 Å². The third-order valence-electron chi connectivity index (χ3n) is 3.25. The fraction of sp³-hybridized carbons (Fsp3) is 0.462. The molecule has 3 nitrogen and oxygen atoms in total. The van der Waals surface area contributed by atoms with Crippen molar-refractivity contribution in [2.45, 2.75) is 12.8 Å². The van der Waals surface area contributed by atoms with Crippen LogP contribution in [0.1, 0.15) is 12.0 Å². The molecule has 1 heterocycles. The molecule has 1 aromatic carbocycles. The van der Waals surface area contributed by atoms with Gasteiger partial charge in [-0.3, -0.25) is 4.79 Å². The number of nitrogens with one attached hydrogen (secondary N) is 1. The summed E-state index contributed by atoms with van der Waals surface area (Å²) in [6.07, 6.45) is 1.61.